The number of para-hydroxylation sites is 3. The largest absolute Gasteiger partial charge is 0.311 e. The van der Waals surface area contributed by atoms with Crippen LogP contribution in [0, 0.1) is 6.92 Å². The maximum atomic E-state index is 2.41. The van der Waals surface area contributed by atoms with Crippen molar-refractivity contribution in [3.8, 4) is 11.1 Å². The number of rotatable bonds is 9. The van der Waals surface area contributed by atoms with Crippen LogP contribution in [0.15, 0.2) is 212 Å². The third-order valence-corrected chi connectivity index (χ3v) is 10.4. The number of fused-ring (bicyclic) bond motifs is 3. The summed E-state index contributed by atoms with van der Waals surface area (Å²) in [5, 5.41) is 4.99. The van der Waals surface area contributed by atoms with Crippen LogP contribution in [0.5, 0.6) is 0 Å². The predicted octanol–water partition coefficient (Wildman–Crippen LogP) is 15.1. The SMILES string of the molecule is Cc1ccccc1N(c1ccc(-c2ccc(/C=C/c3ccc(N(c4ccccc4)c4ccccc4)cc3)cc2)cc1)c1cc2ccccc2c2ccccc12. The summed E-state index contributed by atoms with van der Waals surface area (Å²) in [6, 6.07) is 76.0. The van der Waals surface area contributed by atoms with E-state index in [0.29, 0.717) is 0 Å². The second kappa shape index (κ2) is 15.1. The summed E-state index contributed by atoms with van der Waals surface area (Å²) in [6.45, 7) is 2.19. The maximum Gasteiger partial charge on any atom is 0.0546 e. The molecule has 0 spiro atoms. The Morgan fingerprint density at radius 3 is 1.38 bits per heavy atom. The second-order valence-electron chi connectivity index (χ2n) is 13.9. The van der Waals surface area contributed by atoms with Crippen LogP contribution in [0.4, 0.5) is 34.1 Å². The van der Waals surface area contributed by atoms with E-state index in [9.17, 15) is 0 Å². The van der Waals surface area contributed by atoms with Crippen LogP contribution in [0.2, 0.25) is 0 Å². The molecule has 0 saturated carbocycles. The molecule has 0 unspecified atom stereocenters. The van der Waals surface area contributed by atoms with Gasteiger partial charge < -0.3 is 9.80 Å². The number of hydrogen-bond acceptors (Lipinski definition) is 2. The van der Waals surface area contributed by atoms with Gasteiger partial charge in [-0.2, -0.15) is 0 Å². The zero-order valence-corrected chi connectivity index (χ0v) is 30.8. The van der Waals surface area contributed by atoms with Gasteiger partial charge >= 0.3 is 0 Å². The molecular weight excluding hydrogens is 665 g/mol. The fourth-order valence-electron chi connectivity index (χ4n) is 7.56. The Balaban J connectivity index is 0.972. The fraction of sp³-hybridized carbons (Fsp3) is 0.0189. The maximum absolute atomic E-state index is 2.41. The van der Waals surface area contributed by atoms with Gasteiger partial charge in [0.05, 0.1) is 5.69 Å². The highest BCUT2D eigenvalue weighted by Crippen LogP contribution is 2.43. The first kappa shape index (κ1) is 33.7. The second-order valence-corrected chi connectivity index (χ2v) is 13.9. The molecule has 0 aliphatic rings. The molecule has 2 nitrogen and oxygen atoms in total. The Labute approximate surface area is 323 Å². The molecular formula is C53H40N2. The summed E-state index contributed by atoms with van der Waals surface area (Å²) in [6.07, 6.45) is 4.36. The Hall–Kier alpha value is -7.16. The van der Waals surface area contributed by atoms with Crippen molar-refractivity contribution < 1.29 is 0 Å². The minimum atomic E-state index is 1.12. The van der Waals surface area contributed by atoms with Crippen LogP contribution in [0.25, 0.3) is 44.8 Å². The highest BCUT2D eigenvalue weighted by molar-refractivity contribution is 6.14. The molecule has 0 radical (unpaired) electrons. The van der Waals surface area contributed by atoms with Crippen molar-refractivity contribution in [2.24, 2.45) is 0 Å². The van der Waals surface area contributed by atoms with Crippen LogP contribution < -0.4 is 9.80 Å². The number of anilines is 6. The molecule has 0 aromatic heterocycles. The lowest BCUT2D eigenvalue weighted by Gasteiger charge is -2.29. The standard InChI is InChI=1S/C53H40N2/c1-39-14-8-13-23-52(39)55(53-38-44-15-9-10-20-49(44)50-21-11-12-22-51(50)53)48-36-32-43(33-37-48)42-30-26-40(27-31-42)24-25-41-28-34-47(35-29-41)54(45-16-4-2-5-17-45)46-18-6-3-7-19-46/h2-38H,1H3/b25-24+. The average Bonchev–Trinajstić information content (AvgIpc) is 3.25. The summed E-state index contributed by atoms with van der Waals surface area (Å²) in [7, 11) is 0. The minimum Gasteiger partial charge on any atom is -0.311 e. The smallest absolute Gasteiger partial charge is 0.0546 e. The van der Waals surface area contributed by atoms with E-state index in [0.717, 1.165) is 33.9 Å². The number of aryl methyl sites for hydroxylation is 1. The molecule has 0 aliphatic heterocycles. The van der Waals surface area contributed by atoms with Crippen molar-refractivity contribution in [1.29, 1.82) is 0 Å². The summed E-state index contributed by atoms with van der Waals surface area (Å²) >= 11 is 0. The Bertz CT molecular complexity index is 2690. The summed E-state index contributed by atoms with van der Waals surface area (Å²) in [4.78, 5) is 4.69. The molecule has 0 bridgehead atoms. The molecule has 2 heteroatoms. The van der Waals surface area contributed by atoms with Crippen molar-refractivity contribution >= 4 is 67.8 Å². The molecule has 0 saturated heterocycles. The van der Waals surface area contributed by atoms with E-state index in [1.165, 1.54) is 49.6 Å². The topological polar surface area (TPSA) is 6.48 Å². The molecule has 0 heterocycles. The molecule has 0 amide bonds. The van der Waals surface area contributed by atoms with E-state index in [4.69, 9.17) is 0 Å². The van der Waals surface area contributed by atoms with Gasteiger partial charge in [-0.3, -0.25) is 0 Å². The molecule has 0 N–H and O–H groups in total. The van der Waals surface area contributed by atoms with Crippen LogP contribution >= 0.6 is 0 Å². The number of hydrogen-bond donors (Lipinski definition) is 0. The normalized spacial score (nSPS) is 11.3. The summed E-state index contributed by atoms with van der Waals surface area (Å²) in [5.74, 6) is 0. The Morgan fingerprint density at radius 2 is 0.764 bits per heavy atom. The fourth-order valence-corrected chi connectivity index (χ4v) is 7.56. The monoisotopic (exact) mass is 704 g/mol. The average molecular weight is 705 g/mol. The van der Waals surface area contributed by atoms with Crippen LogP contribution in [-0.4, -0.2) is 0 Å². The first-order valence-corrected chi connectivity index (χ1v) is 18.8. The lowest BCUT2D eigenvalue weighted by atomic mass is 9.98. The molecule has 0 atom stereocenters. The highest BCUT2D eigenvalue weighted by atomic mass is 15.1. The van der Waals surface area contributed by atoms with Gasteiger partial charge in [0.15, 0.2) is 0 Å². The van der Waals surface area contributed by atoms with E-state index < -0.39 is 0 Å². The molecule has 0 aliphatic carbocycles. The number of nitrogens with zero attached hydrogens (tertiary/aromatic N) is 2. The van der Waals surface area contributed by atoms with Crippen molar-refractivity contribution in [2.75, 3.05) is 9.80 Å². The van der Waals surface area contributed by atoms with E-state index in [1.54, 1.807) is 0 Å². The lowest BCUT2D eigenvalue weighted by molar-refractivity contribution is 1.26. The van der Waals surface area contributed by atoms with Crippen LogP contribution in [0.1, 0.15) is 16.7 Å². The van der Waals surface area contributed by atoms with Gasteiger partial charge in [0, 0.05) is 33.8 Å². The van der Waals surface area contributed by atoms with E-state index in [1.807, 2.05) is 0 Å². The van der Waals surface area contributed by atoms with Crippen molar-refractivity contribution in [2.45, 2.75) is 6.92 Å². The van der Waals surface area contributed by atoms with Gasteiger partial charge in [0.25, 0.3) is 0 Å². The molecule has 9 aromatic rings. The minimum absolute atomic E-state index is 1.12. The molecule has 262 valence electrons. The third kappa shape index (κ3) is 6.90. The predicted molar refractivity (Wildman–Crippen MR) is 236 cm³/mol. The van der Waals surface area contributed by atoms with Gasteiger partial charge in [-0.05, 0) is 112 Å². The molecule has 9 rings (SSSR count). The van der Waals surface area contributed by atoms with Gasteiger partial charge in [-0.25, -0.2) is 0 Å². The molecule has 55 heavy (non-hydrogen) atoms. The van der Waals surface area contributed by atoms with Crippen LogP contribution in [-0.2, 0) is 0 Å². The Morgan fingerprint density at radius 1 is 0.327 bits per heavy atom. The first-order valence-electron chi connectivity index (χ1n) is 18.8. The lowest BCUT2D eigenvalue weighted by Crippen LogP contribution is -2.12. The van der Waals surface area contributed by atoms with Crippen molar-refractivity contribution in [3.05, 3.63) is 229 Å². The summed E-state index contributed by atoms with van der Waals surface area (Å²) < 4.78 is 0. The highest BCUT2D eigenvalue weighted by Gasteiger charge is 2.19. The van der Waals surface area contributed by atoms with Crippen molar-refractivity contribution in [3.63, 3.8) is 0 Å². The molecule has 0 fully saturated rings. The van der Waals surface area contributed by atoms with Gasteiger partial charge in [-0.15, -0.1) is 0 Å². The van der Waals surface area contributed by atoms with Crippen LogP contribution in [0.3, 0.4) is 0 Å². The Kier molecular flexibility index (Phi) is 9.22. The first-order chi connectivity index (χ1) is 27.2. The van der Waals surface area contributed by atoms with Gasteiger partial charge in [0.2, 0.25) is 0 Å². The summed E-state index contributed by atoms with van der Waals surface area (Å²) in [5.41, 5.74) is 12.8. The zero-order valence-electron chi connectivity index (χ0n) is 30.8. The quantitative estimate of drug-likeness (QED) is 0.109. The van der Waals surface area contributed by atoms with Crippen molar-refractivity contribution in [1.82, 2.24) is 0 Å². The van der Waals surface area contributed by atoms with E-state index in [2.05, 4.69) is 241 Å². The number of benzene rings is 9. The van der Waals surface area contributed by atoms with Gasteiger partial charge in [-0.1, -0.05) is 164 Å². The molecule has 9 aromatic carbocycles. The zero-order chi connectivity index (χ0) is 37.0. The van der Waals surface area contributed by atoms with Gasteiger partial charge in [0.1, 0.15) is 0 Å². The van der Waals surface area contributed by atoms with E-state index >= 15 is 0 Å². The third-order valence-electron chi connectivity index (χ3n) is 10.4. The van der Waals surface area contributed by atoms with E-state index in [-0.39, 0.29) is 0 Å².